The second-order valence-corrected chi connectivity index (χ2v) is 5.37. The molecule has 17 heavy (non-hydrogen) atoms. The second-order valence-electron chi connectivity index (χ2n) is 3.41. The monoisotopic (exact) mass is 411 g/mol. The summed E-state index contributed by atoms with van der Waals surface area (Å²) in [5, 5.41) is 4.03. The lowest BCUT2D eigenvalue weighted by Gasteiger charge is -2.09. The quantitative estimate of drug-likeness (QED) is 0.443. The predicted octanol–water partition coefficient (Wildman–Crippen LogP) is 3.20. The first-order chi connectivity index (χ1) is 8.17. The summed E-state index contributed by atoms with van der Waals surface area (Å²) in [5.41, 5.74) is 2.25. The molecule has 1 N–H and O–H groups in total. The normalized spacial score (nSPS) is 10.1. The van der Waals surface area contributed by atoms with E-state index < -0.39 is 0 Å². The largest absolute Gasteiger partial charge is 0.465 e. The summed E-state index contributed by atoms with van der Waals surface area (Å²) in [6.45, 7) is 2.43. The molecule has 0 spiro atoms. The van der Waals surface area contributed by atoms with E-state index in [0.717, 1.165) is 21.0 Å². The average Bonchev–Trinajstić information content (AvgIpc) is 2.29. The lowest BCUT2D eigenvalue weighted by atomic mass is 10.1. The minimum absolute atomic E-state index is 0.210. The molecule has 0 aliphatic rings. The Labute approximate surface area is 124 Å². The van der Waals surface area contributed by atoms with Crippen LogP contribution >= 0.6 is 38.5 Å². The van der Waals surface area contributed by atoms with Crippen LogP contribution in [0.25, 0.3) is 0 Å². The van der Waals surface area contributed by atoms with Crippen molar-refractivity contribution in [3.63, 3.8) is 0 Å². The molecule has 0 radical (unpaired) electrons. The van der Waals surface area contributed by atoms with Crippen molar-refractivity contribution in [2.24, 2.45) is 0 Å². The number of carbonyl (C=O) groups is 1. The van der Waals surface area contributed by atoms with Crippen molar-refractivity contribution in [1.82, 2.24) is 0 Å². The Hall–Kier alpha value is -0.300. The number of ether oxygens (including phenoxy) is 1. The SMILES string of the molecule is CCOC(=O)CNc1ccc(CCBr)cc1I. The van der Waals surface area contributed by atoms with Gasteiger partial charge in [0.2, 0.25) is 0 Å². The molecule has 0 aliphatic heterocycles. The molecule has 0 saturated carbocycles. The number of carbonyl (C=O) groups excluding carboxylic acids is 1. The first kappa shape index (κ1) is 14.8. The highest BCUT2D eigenvalue weighted by atomic mass is 127. The number of benzene rings is 1. The van der Waals surface area contributed by atoms with Crippen LogP contribution in [-0.4, -0.2) is 24.5 Å². The molecule has 1 aromatic carbocycles. The first-order valence-electron chi connectivity index (χ1n) is 5.41. The van der Waals surface area contributed by atoms with Gasteiger partial charge in [-0.2, -0.15) is 0 Å². The van der Waals surface area contributed by atoms with Gasteiger partial charge in [-0.1, -0.05) is 22.0 Å². The lowest BCUT2D eigenvalue weighted by molar-refractivity contribution is -0.140. The number of esters is 1. The fourth-order valence-corrected chi connectivity index (χ4v) is 2.57. The molecule has 94 valence electrons. The zero-order valence-corrected chi connectivity index (χ0v) is 13.4. The topological polar surface area (TPSA) is 38.3 Å². The van der Waals surface area contributed by atoms with Gasteiger partial charge in [-0.3, -0.25) is 4.79 Å². The van der Waals surface area contributed by atoms with Crippen LogP contribution in [0.15, 0.2) is 18.2 Å². The third-order valence-electron chi connectivity index (χ3n) is 2.15. The maximum Gasteiger partial charge on any atom is 0.325 e. The van der Waals surface area contributed by atoms with Crippen molar-refractivity contribution in [3.8, 4) is 0 Å². The number of rotatable bonds is 6. The van der Waals surface area contributed by atoms with E-state index in [4.69, 9.17) is 4.74 Å². The van der Waals surface area contributed by atoms with Gasteiger partial charge in [0.1, 0.15) is 6.54 Å². The minimum Gasteiger partial charge on any atom is -0.465 e. The van der Waals surface area contributed by atoms with E-state index in [1.165, 1.54) is 5.56 Å². The van der Waals surface area contributed by atoms with Gasteiger partial charge in [0.15, 0.2) is 0 Å². The third kappa shape index (κ3) is 5.25. The van der Waals surface area contributed by atoms with Crippen LogP contribution in [0.4, 0.5) is 5.69 Å². The van der Waals surface area contributed by atoms with Gasteiger partial charge in [-0.05, 0) is 53.6 Å². The summed E-state index contributed by atoms with van der Waals surface area (Å²) in [4.78, 5) is 11.2. The summed E-state index contributed by atoms with van der Waals surface area (Å²) in [7, 11) is 0. The molecule has 1 aromatic rings. The van der Waals surface area contributed by atoms with Crippen LogP contribution < -0.4 is 5.32 Å². The van der Waals surface area contributed by atoms with Crippen molar-refractivity contribution in [1.29, 1.82) is 0 Å². The van der Waals surface area contributed by atoms with Crippen molar-refractivity contribution in [3.05, 3.63) is 27.3 Å². The molecule has 0 amide bonds. The van der Waals surface area contributed by atoms with E-state index in [-0.39, 0.29) is 12.5 Å². The molecular formula is C12H15BrINO2. The molecule has 5 heteroatoms. The first-order valence-corrected chi connectivity index (χ1v) is 7.61. The fourth-order valence-electron chi connectivity index (χ4n) is 1.35. The number of halogens is 2. The smallest absolute Gasteiger partial charge is 0.325 e. The number of hydrogen-bond acceptors (Lipinski definition) is 3. The summed E-state index contributed by atoms with van der Waals surface area (Å²) in [6, 6.07) is 6.19. The zero-order valence-electron chi connectivity index (χ0n) is 9.63. The zero-order chi connectivity index (χ0) is 12.7. The van der Waals surface area contributed by atoms with E-state index in [2.05, 4.69) is 56.0 Å². The molecule has 0 heterocycles. The van der Waals surface area contributed by atoms with Crippen molar-refractivity contribution in [2.45, 2.75) is 13.3 Å². The second kappa shape index (κ2) is 7.92. The van der Waals surface area contributed by atoms with Crippen molar-refractivity contribution >= 4 is 50.2 Å². The number of aryl methyl sites for hydroxylation is 1. The van der Waals surface area contributed by atoms with Crippen LogP contribution in [0.1, 0.15) is 12.5 Å². The highest BCUT2D eigenvalue weighted by Gasteiger charge is 2.04. The molecule has 0 fully saturated rings. The Bertz CT molecular complexity index is 385. The lowest BCUT2D eigenvalue weighted by Crippen LogP contribution is -2.17. The van der Waals surface area contributed by atoms with Crippen LogP contribution in [0.3, 0.4) is 0 Å². The molecule has 1 rings (SSSR count). The summed E-state index contributed by atoms with van der Waals surface area (Å²) < 4.78 is 5.97. The molecule has 3 nitrogen and oxygen atoms in total. The van der Waals surface area contributed by atoms with E-state index >= 15 is 0 Å². The Balaban J connectivity index is 2.57. The van der Waals surface area contributed by atoms with E-state index in [1.807, 2.05) is 6.07 Å². The minimum atomic E-state index is -0.229. The molecule has 0 atom stereocenters. The van der Waals surface area contributed by atoms with Crippen LogP contribution in [-0.2, 0) is 16.0 Å². The van der Waals surface area contributed by atoms with Crippen LogP contribution in [0, 0.1) is 3.57 Å². The summed E-state index contributed by atoms with van der Waals surface area (Å²) >= 11 is 5.68. The molecule has 0 saturated heterocycles. The van der Waals surface area contributed by atoms with E-state index in [9.17, 15) is 4.79 Å². The maximum atomic E-state index is 11.2. The van der Waals surface area contributed by atoms with E-state index in [0.29, 0.717) is 6.61 Å². The molecular weight excluding hydrogens is 397 g/mol. The van der Waals surface area contributed by atoms with Gasteiger partial charge in [0.25, 0.3) is 0 Å². The highest BCUT2D eigenvalue weighted by molar-refractivity contribution is 14.1. The summed E-state index contributed by atoms with van der Waals surface area (Å²) in [6.07, 6.45) is 1.01. The Morgan fingerprint density at radius 2 is 2.29 bits per heavy atom. The van der Waals surface area contributed by atoms with Gasteiger partial charge in [-0.15, -0.1) is 0 Å². The molecule has 0 aliphatic carbocycles. The fraction of sp³-hybridized carbons (Fsp3) is 0.417. The number of alkyl halides is 1. The van der Waals surface area contributed by atoms with Crippen LogP contribution in [0.2, 0.25) is 0 Å². The van der Waals surface area contributed by atoms with Crippen molar-refractivity contribution in [2.75, 3.05) is 23.8 Å². The van der Waals surface area contributed by atoms with E-state index in [1.54, 1.807) is 6.92 Å². The summed E-state index contributed by atoms with van der Waals surface area (Å²) in [5.74, 6) is -0.229. The molecule has 0 unspecified atom stereocenters. The predicted molar refractivity (Wildman–Crippen MR) is 81.8 cm³/mol. The third-order valence-corrected chi connectivity index (χ3v) is 3.43. The average molecular weight is 412 g/mol. The van der Waals surface area contributed by atoms with Gasteiger partial charge >= 0.3 is 5.97 Å². The van der Waals surface area contributed by atoms with Crippen LogP contribution in [0.5, 0.6) is 0 Å². The highest BCUT2D eigenvalue weighted by Crippen LogP contribution is 2.20. The standard InChI is InChI=1S/C12H15BrINO2/c1-2-17-12(16)8-15-11-4-3-9(5-6-13)7-10(11)14/h3-4,7,15H,2,5-6,8H2,1H3. The Morgan fingerprint density at radius 1 is 1.53 bits per heavy atom. The maximum absolute atomic E-state index is 11.2. The van der Waals surface area contributed by atoms with Gasteiger partial charge in [0, 0.05) is 14.6 Å². The van der Waals surface area contributed by atoms with Gasteiger partial charge < -0.3 is 10.1 Å². The van der Waals surface area contributed by atoms with Crippen molar-refractivity contribution < 1.29 is 9.53 Å². The number of hydrogen-bond donors (Lipinski definition) is 1. The Kier molecular flexibility index (Phi) is 6.87. The molecule has 0 bridgehead atoms. The van der Waals surface area contributed by atoms with Gasteiger partial charge in [-0.25, -0.2) is 0 Å². The van der Waals surface area contributed by atoms with Gasteiger partial charge in [0.05, 0.1) is 6.61 Å². The molecule has 0 aromatic heterocycles. The number of nitrogens with one attached hydrogen (secondary N) is 1. The number of anilines is 1. The Morgan fingerprint density at radius 3 is 2.88 bits per heavy atom.